The Bertz CT molecular complexity index is 953. The van der Waals surface area contributed by atoms with Gasteiger partial charge in [0.2, 0.25) is 5.82 Å². The molecule has 0 fully saturated rings. The Kier molecular flexibility index (Phi) is 3.93. The molecular formula is C15H6Cl2F3N2O2-. The molecule has 0 aliphatic rings. The van der Waals surface area contributed by atoms with Crippen LogP contribution in [0.2, 0.25) is 10.0 Å². The molecule has 24 heavy (non-hydrogen) atoms. The highest BCUT2D eigenvalue weighted by molar-refractivity contribution is 6.45. The maximum absolute atomic E-state index is 13.1. The summed E-state index contributed by atoms with van der Waals surface area (Å²) in [4.78, 5) is 14.7. The minimum atomic E-state index is -4.99. The molecule has 1 aromatic heterocycles. The van der Waals surface area contributed by atoms with Crippen LogP contribution in [-0.2, 0) is 6.18 Å². The van der Waals surface area contributed by atoms with E-state index < -0.39 is 18.1 Å². The van der Waals surface area contributed by atoms with E-state index in [2.05, 4.69) is 4.98 Å². The lowest BCUT2D eigenvalue weighted by Crippen LogP contribution is -2.32. The summed E-state index contributed by atoms with van der Waals surface area (Å²) in [6.07, 6.45) is -7.06. The molecule has 0 aliphatic heterocycles. The molecule has 0 aliphatic carbocycles. The first kappa shape index (κ1) is 16.6. The van der Waals surface area contributed by atoms with Gasteiger partial charge >= 0.3 is 6.18 Å². The number of carbonyl (C=O) groups excluding carboxylic acids is 1. The van der Waals surface area contributed by atoms with Crippen molar-refractivity contribution in [2.45, 2.75) is 6.18 Å². The lowest BCUT2D eigenvalue weighted by atomic mass is 10.0. The van der Waals surface area contributed by atoms with E-state index in [1.54, 1.807) is 30.3 Å². The third-order valence-electron chi connectivity index (χ3n) is 3.34. The van der Waals surface area contributed by atoms with Crippen LogP contribution in [0.5, 0.6) is 0 Å². The quantitative estimate of drug-likeness (QED) is 0.641. The molecule has 0 bridgehead atoms. The van der Waals surface area contributed by atoms with Crippen LogP contribution >= 0.6 is 23.2 Å². The van der Waals surface area contributed by atoms with Crippen LogP contribution in [-0.4, -0.2) is 15.6 Å². The number of rotatable bonds is 1. The number of hydrogen-bond donors (Lipinski definition) is 0. The number of hydrogen-bond acceptors (Lipinski definition) is 3. The second-order valence-corrected chi connectivity index (χ2v) is 5.60. The minimum absolute atomic E-state index is 0.0212. The maximum atomic E-state index is 13.1. The van der Waals surface area contributed by atoms with Crippen molar-refractivity contribution >= 4 is 40.3 Å². The Balaban J connectivity index is 2.50. The van der Waals surface area contributed by atoms with Gasteiger partial charge in [0, 0.05) is 5.56 Å². The van der Waals surface area contributed by atoms with Crippen molar-refractivity contribution in [3.63, 3.8) is 0 Å². The fourth-order valence-corrected chi connectivity index (χ4v) is 2.85. The molecule has 0 saturated carbocycles. The van der Waals surface area contributed by atoms with E-state index >= 15 is 0 Å². The number of benzene rings is 2. The van der Waals surface area contributed by atoms with Gasteiger partial charge in [-0.1, -0.05) is 53.5 Å². The number of imidazole rings is 1. The predicted octanol–water partition coefficient (Wildman–Crippen LogP) is 4.22. The molecule has 3 aromatic rings. The highest BCUT2D eigenvalue weighted by atomic mass is 35.5. The van der Waals surface area contributed by atoms with Gasteiger partial charge in [0.05, 0.1) is 21.1 Å². The molecule has 0 spiro atoms. The van der Waals surface area contributed by atoms with Crippen LogP contribution in [0.1, 0.15) is 5.82 Å². The second-order valence-electron chi connectivity index (χ2n) is 4.82. The van der Waals surface area contributed by atoms with Crippen LogP contribution < -0.4 is 5.11 Å². The van der Waals surface area contributed by atoms with E-state index in [0.717, 1.165) is 6.07 Å². The maximum Gasteiger partial charge on any atom is 0.450 e. The molecule has 0 radical (unpaired) electrons. The highest BCUT2D eigenvalue weighted by Crippen LogP contribution is 2.41. The normalized spacial score (nSPS) is 11.9. The average Bonchev–Trinajstić information content (AvgIpc) is 2.88. The number of nitrogens with zero attached hydrogens (tertiary/aromatic N) is 2. The smallest absolute Gasteiger partial charge is 0.450 e. The molecule has 124 valence electrons. The van der Waals surface area contributed by atoms with Gasteiger partial charge < -0.3 is 9.90 Å². The first-order valence-corrected chi connectivity index (χ1v) is 7.22. The van der Waals surface area contributed by atoms with E-state index in [4.69, 9.17) is 23.2 Å². The Morgan fingerprint density at radius 3 is 2.33 bits per heavy atom. The number of alkyl halides is 3. The van der Waals surface area contributed by atoms with Gasteiger partial charge in [-0.05, 0) is 11.6 Å². The monoisotopic (exact) mass is 373 g/mol. The molecule has 0 N–H and O–H groups in total. The van der Waals surface area contributed by atoms with Crippen LogP contribution in [0.15, 0.2) is 36.4 Å². The van der Waals surface area contributed by atoms with Gasteiger partial charge in [0.1, 0.15) is 6.09 Å². The van der Waals surface area contributed by atoms with Crippen molar-refractivity contribution in [3.05, 3.63) is 52.3 Å². The summed E-state index contributed by atoms with van der Waals surface area (Å²) in [7, 11) is 0. The highest BCUT2D eigenvalue weighted by Gasteiger charge is 2.39. The fourth-order valence-electron chi connectivity index (χ4n) is 2.40. The summed E-state index contributed by atoms with van der Waals surface area (Å²) < 4.78 is 39.4. The molecule has 2 aromatic carbocycles. The molecule has 4 nitrogen and oxygen atoms in total. The molecule has 9 heteroatoms. The third-order valence-corrected chi connectivity index (χ3v) is 4.13. The lowest BCUT2D eigenvalue weighted by Gasteiger charge is -2.12. The van der Waals surface area contributed by atoms with Crippen molar-refractivity contribution in [1.82, 2.24) is 9.55 Å². The number of carboxylic acid groups (broad SMARTS) is 1. The lowest BCUT2D eigenvalue weighted by molar-refractivity contribution is -0.252. The van der Waals surface area contributed by atoms with Gasteiger partial charge in [0.25, 0.3) is 0 Å². The van der Waals surface area contributed by atoms with Crippen LogP contribution in [0.4, 0.5) is 18.0 Å². The van der Waals surface area contributed by atoms with Gasteiger partial charge in [-0.15, -0.1) is 0 Å². The molecule has 0 atom stereocenters. The standard InChI is InChI=1S/C15H7Cl2F3N2O2/c16-8-6-9-12(10(11(8)17)7-4-2-1-3-5-7)21-13(15(18,19)20)22(9)14(23)24/h1-6H,(H,23,24)/p-1. The van der Waals surface area contributed by atoms with E-state index in [9.17, 15) is 23.1 Å². The zero-order chi connectivity index (χ0) is 17.6. The number of carbonyl (C=O) groups is 1. The first-order valence-electron chi connectivity index (χ1n) is 6.46. The SMILES string of the molecule is O=C([O-])n1c(C(F)(F)F)nc2c(-c3ccccc3)c(Cl)c(Cl)cc21. The van der Waals surface area contributed by atoms with Crippen molar-refractivity contribution in [1.29, 1.82) is 0 Å². The van der Waals surface area contributed by atoms with Gasteiger partial charge in [-0.25, -0.2) is 4.98 Å². The van der Waals surface area contributed by atoms with Crippen LogP contribution in [0, 0.1) is 0 Å². The predicted molar refractivity (Wildman–Crippen MR) is 81.0 cm³/mol. The van der Waals surface area contributed by atoms with Crippen molar-refractivity contribution in [3.8, 4) is 11.1 Å². The third kappa shape index (κ3) is 2.59. The summed E-state index contributed by atoms with van der Waals surface area (Å²) in [5, 5.41) is 11.1. The van der Waals surface area contributed by atoms with Gasteiger partial charge in [0.15, 0.2) is 0 Å². The van der Waals surface area contributed by atoms with E-state index in [1.807, 2.05) is 0 Å². The Morgan fingerprint density at radius 1 is 1.17 bits per heavy atom. The van der Waals surface area contributed by atoms with Crippen LogP contribution in [0.3, 0.4) is 0 Å². The summed E-state index contributed by atoms with van der Waals surface area (Å²) in [6.45, 7) is 0. The minimum Gasteiger partial charge on any atom is -0.529 e. The zero-order valence-electron chi connectivity index (χ0n) is 11.6. The number of fused-ring (bicyclic) bond motifs is 1. The molecule has 0 saturated heterocycles. The van der Waals surface area contributed by atoms with E-state index in [1.165, 1.54) is 0 Å². The average molecular weight is 374 g/mol. The summed E-state index contributed by atoms with van der Waals surface area (Å²) >= 11 is 12.1. The van der Waals surface area contributed by atoms with Crippen LogP contribution in [0.25, 0.3) is 22.2 Å². The molecular weight excluding hydrogens is 368 g/mol. The largest absolute Gasteiger partial charge is 0.529 e. The van der Waals surface area contributed by atoms with E-state index in [-0.39, 0.29) is 31.2 Å². The first-order chi connectivity index (χ1) is 11.2. The van der Waals surface area contributed by atoms with Crippen molar-refractivity contribution in [2.24, 2.45) is 0 Å². The summed E-state index contributed by atoms with van der Waals surface area (Å²) in [5.41, 5.74) is -0.0142. The topological polar surface area (TPSA) is 57.9 Å². The Morgan fingerprint density at radius 2 is 1.79 bits per heavy atom. The summed E-state index contributed by atoms with van der Waals surface area (Å²) in [6, 6.07) is 9.23. The fraction of sp³-hybridized carbons (Fsp3) is 0.0667. The van der Waals surface area contributed by atoms with E-state index in [0.29, 0.717) is 5.56 Å². The number of aromatic nitrogens is 2. The number of halogens is 5. The molecule has 3 rings (SSSR count). The molecule has 0 amide bonds. The van der Waals surface area contributed by atoms with Gasteiger partial charge in [-0.3, -0.25) is 4.57 Å². The van der Waals surface area contributed by atoms with Crippen molar-refractivity contribution < 1.29 is 23.1 Å². The van der Waals surface area contributed by atoms with Crippen molar-refractivity contribution in [2.75, 3.05) is 0 Å². The molecule has 0 unspecified atom stereocenters. The summed E-state index contributed by atoms with van der Waals surface area (Å²) in [5.74, 6) is -1.62. The molecule has 1 heterocycles. The Hall–Kier alpha value is -2.25. The van der Waals surface area contributed by atoms with Gasteiger partial charge in [-0.2, -0.15) is 13.2 Å². The Labute approximate surface area is 143 Å². The second kappa shape index (κ2) is 5.68. The zero-order valence-corrected chi connectivity index (χ0v) is 13.1.